The van der Waals surface area contributed by atoms with Crippen LogP contribution < -0.4 is 0 Å². The molecule has 0 bridgehead atoms. The number of ether oxygens (including phenoxy) is 1. The molecule has 0 saturated carbocycles. The predicted molar refractivity (Wildman–Crippen MR) is 86.0 cm³/mol. The Morgan fingerprint density at radius 1 is 1.41 bits per heavy atom. The van der Waals surface area contributed by atoms with Crippen LogP contribution in [0.4, 0.5) is 0 Å². The SMILES string of the molecule is CC1=C(Sc2cccc(Cl)c2)C(COCCO)C(=O)CC1=O. The highest BCUT2D eigenvalue weighted by molar-refractivity contribution is 8.03. The standard InChI is InChI=1S/C16H17ClO4S/c1-10-14(19)8-15(20)13(9-21-6-5-18)16(10)22-12-4-2-3-11(17)7-12/h2-4,7,13,18H,5-6,8-9H2,1H3. The Morgan fingerprint density at radius 2 is 2.18 bits per heavy atom. The maximum Gasteiger partial charge on any atom is 0.166 e. The fourth-order valence-corrected chi connectivity index (χ4v) is 3.65. The second kappa shape index (κ2) is 7.92. The van der Waals surface area contributed by atoms with E-state index in [4.69, 9.17) is 21.4 Å². The summed E-state index contributed by atoms with van der Waals surface area (Å²) in [6.45, 7) is 1.98. The summed E-state index contributed by atoms with van der Waals surface area (Å²) in [6.07, 6.45) is -0.0847. The average molecular weight is 341 g/mol. The number of ketones is 2. The second-order valence-electron chi connectivity index (χ2n) is 4.97. The number of benzene rings is 1. The van der Waals surface area contributed by atoms with Crippen molar-refractivity contribution >= 4 is 34.9 Å². The maximum atomic E-state index is 12.2. The number of aliphatic hydroxyl groups excluding tert-OH is 1. The van der Waals surface area contributed by atoms with Crippen molar-refractivity contribution < 1.29 is 19.4 Å². The van der Waals surface area contributed by atoms with E-state index in [0.29, 0.717) is 15.5 Å². The second-order valence-corrected chi connectivity index (χ2v) is 6.52. The third-order valence-electron chi connectivity index (χ3n) is 3.37. The molecule has 1 aliphatic carbocycles. The Balaban J connectivity index is 2.26. The van der Waals surface area contributed by atoms with Crippen LogP contribution in [0.1, 0.15) is 13.3 Å². The molecular weight excluding hydrogens is 324 g/mol. The molecule has 6 heteroatoms. The molecule has 4 nitrogen and oxygen atoms in total. The van der Waals surface area contributed by atoms with Crippen molar-refractivity contribution in [1.29, 1.82) is 0 Å². The van der Waals surface area contributed by atoms with Crippen LogP contribution >= 0.6 is 23.4 Å². The number of thioether (sulfide) groups is 1. The van der Waals surface area contributed by atoms with Crippen LogP contribution in [0.25, 0.3) is 0 Å². The van der Waals surface area contributed by atoms with Crippen molar-refractivity contribution in [3.05, 3.63) is 39.8 Å². The minimum atomic E-state index is -0.465. The molecule has 1 aromatic rings. The van der Waals surface area contributed by atoms with Gasteiger partial charge in [-0.3, -0.25) is 9.59 Å². The van der Waals surface area contributed by atoms with Crippen LogP contribution in [0, 0.1) is 5.92 Å². The van der Waals surface area contributed by atoms with Crippen LogP contribution in [0.2, 0.25) is 5.02 Å². The number of allylic oxidation sites excluding steroid dienone is 1. The largest absolute Gasteiger partial charge is 0.394 e. The Morgan fingerprint density at radius 3 is 2.86 bits per heavy atom. The van der Waals surface area contributed by atoms with E-state index < -0.39 is 5.92 Å². The molecule has 118 valence electrons. The first-order chi connectivity index (χ1) is 10.5. The highest BCUT2D eigenvalue weighted by Gasteiger charge is 2.33. The topological polar surface area (TPSA) is 63.6 Å². The van der Waals surface area contributed by atoms with Gasteiger partial charge < -0.3 is 9.84 Å². The first-order valence-electron chi connectivity index (χ1n) is 6.91. The molecule has 0 saturated heterocycles. The zero-order valence-corrected chi connectivity index (χ0v) is 13.7. The van der Waals surface area contributed by atoms with Crippen molar-refractivity contribution in [2.75, 3.05) is 19.8 Å². The van der Waals surface area contributed by atoms with Crippen LogP contribution in [0.3, 0.4) is 0 Å². The predicted octanol–water partition coefficient (Wildman–Crippen LogP) is 2.87. The molecule has 1 N–H and O–H groups in total. The number of hydrogen-bond acceptors (Lipinski definition) is 5. The Bertz CT molecular complexity index is 612. The van der Waals surface area contributed by atoms with E-state index in [-0.39, 0.29) is 37.8 Å². The van der Waals surface area contributed by atoms with E-state index in [1.165, 1.54) is 11.8 Å². The summed E-state index contributed by atoms with van der Waals surface area (Å²) in [5.41, 5.74) is 0.599. The molecule has 2 rings (SSSR count). The number of carbonyl (C=O) groups is 2. The van der Waals surface area contributed by atoms with Gasteiger partial charge in [-0.05, 0) is 25.1 Å². The molecule has 0 radical (unpaired) electrons. The molecule has 0 fully saturated rings. The van der Waals surface area contributed by atoms with Gasteiger partial charge in [0, 0.05) is 20.4 Å². The van der Waals surface area contributed by atoms with Gasteiger partial charge in [-0.25, -0.2) is 0 Å². The summed E-state index contributed by atoms with van der Waals surface area (Å²) in [6, 6.07) is 7.27. The normalized spacial score (nSPS) is 19.0. The Kier molecular flexibility index (Phi) is 6.20. The highest BCUT2D eigenvalue weighted by atomic mass is 35.5. The first kappa shape index (κ1) is 17.2. The molecular formula is C16H17ClO4S. The number of rotatable bonds is 6. The number of carbonyl (C=O) groups excluding carboxylic acids is 2. The van der Waals surface area contributed by atoms with E-state index in [9.17, 15) is 9.59 Å². The summed E-state index contributed by atoms with van der Waals surface area (Å²) in [4.78, 5) is 25.7. The van der Waals surface area contributed by atoms with Gasteiger partial charge >= 0.3 is 0 Å². The van der Waals surface area contributed by atoms with Gasteiger partial charge in [-0.15, -0.1) is 0 Å². The lowest BCUT2D eigenvalue weighted by molar-refractivity contribution is -0.129. The van der Waals surface area contributed by atoms with Gasteiger partial charge in [0.05, 0.1) is 32.2 Å². The van der Waals surface area contributed by atoms with Gasteiger partial charge in [-0.1, -0.05) is 29.4 Å². The fourth-order valence-electron chi connectivity index (χ4n) is 2.20. The zero-order chi connectivity index (χ0) is 16.1. The van der Waals surface area contributed by atoms with Crippen molar-refractivity contribution in [3.63, 3.8) is 0 Å². The molecule has 1 aromatic carbocycles. The summed E-state index contributed by atoms with van der Waals surface area (Å²) < 4.78 is 5.31. The fraction of sp³-hybridized carbons (Fsp3) is 0.375. The van der Waals surface area contributed by atoms with E-state index >= 15 is 0 Å². The van der Waals surface area contributed by atoms with Gasteiger partial charge in [0.2, 0.25) is 0 Å². The lowest BCUT2D eigenvalue weighted by Crippen LogP contribution is -2.30. The van der Waals surface area contributed by atoms with E-state index in [1.54, 1.807) is 19.1 Å². The minimum Gasteiger partial charge on any atom is -0.394 e. The van der Waals surface area contributed by atoms with Crippen molar-refractivity contribution in [3.8, 4) is 0 Å². The summed E-state index contributed by atoms with van der Waals surface area (Å²) in [7, 11) is 0. The molecule has 0 amide bonds. The first-order valence-corrected chi connectivity index (χ1v) is 8.11. The molecule has 1 atom stereocenters. The third kappa shape index (κ3) is 4.20. The maximum absolute atomic E-state index is 12.2. The van der Waals surface area contributed by atoms with Crippen LogP contribution in [0.5, 0.6) is 0 Å². The lowest BCUT2D eigenvalue weighted by atomic mass is 9.89. The Hall–Kier alpha value is -1.14. The molecule has 1 unspecified atom stereocenters. The summed E-state index contributed by atoms with van der Waals surface area (Å²) >= 11 is 7.35. The number of Topliss-reactive ketones (excluding diaryl/α,β-unsaturated/α-hetero) is 2. The lowest BCUT2D eigenvalue weighted by Gasteiger charge is -2.25. The quantitative estimate of drug-likeness (QED) is 0.637. The number of hydrogen-bond donors (Lipinski definition) is 1. The number of halogens is 1. The van der Waals surface area contributed by atoms with Gasteiger partial charge in [0.15, 0.2) is 11.6 Å². The van der Waals surface area contributed by atoms with Crippen molar-refractivity contribution in [2.24, 2.45) is 5.92 Å². The van der Waals surface area contributed by atoms with Crippen LogP contribution in [-0.2, 0) is 14.3 Å². The molecule has 1 aliphatic rings. The summed E-state index contributed by atoms with van der Waals surface area (Å²) in [5.74, 6) is -0.751. The summed E-state index contributed by atoms with van der Waals surface area (Å²) in [5, 5.41) is 9.39. The number of aliphatic hydroxyl groups is 1. The smallest absolute Gasteiger partial charge is 0.166 e. The molecule has 0 aliphatic heterocycles. The molecule has 22 heavy (non-hydrogen) atoms. The van der Waals surface area contributed by atoms with E-state index in [0.717, 1.165) is 4.90 Å². The van der Waals surface area contributed by atoms with Crippen molar-refractivity contribution in [2.45, 2.75) is 18.2 Å². The van der Waals surface area contributed by atoms with Crippen LogP contribution in [0.15, 0.2) is 39.6 Å². The molecule has 0 heterocycles. The van der Waals surface area contributed by atoms with E-state index in [1.807, 2.05) is 12.1 Å². The molecule has 0 aromatic heterocycles. The van der Waals surface area contributed by atoms with E-state index in [2.05, 4.69) is 0 Å². The van der Waals surface area contributed by atoms with Gasteiger partial charge in [0.1, 0.15) is 0 Å². The zero-order valence-electron chi connectivity index (χ0n) is 12.2. The molecule has 0 spiro atoms. The van der Waals surface area contributed by atoms with Crippen molar-refractivity contribution in [1.82, 2.24) is 0 Å². The Labute approximate surface area is 138 Å². The van der Waals surface area contributed by atoms with Gasteiger partial charge in [0.25, 0.3) is 0 Å². The third-order valence-corrected chi connectivity index (χ3v) is 4.91. The highest BCUT2D eigenvalue weighted by Crippen LogP contribution is 2.39. The minimum absolute atomic E-state index is 0.0847. The average Bonchev–Trinajstić information content (AvgIpc) is 2.48. The monoisotopic (exact) mass is 340 g/mol. The van der Waals surface area contributed by atoms with Gasteiger partial charge in [-0.2, -0.15) is 0 Å². The van der Waals surface area contributed by atoms with Crippen LogP contribution in [-0.4, -0.2) is 36.5 Å².